The highest BCUT2D eigenvalue weighted by atomic mass is 32.2. The molecule has 0 aliphatic rings. The van der Waals surface area contributed by atoms with Gasteiger partial charge in [0.25, 0.3) is 10.0 Å². The number of aromatic carboxylic acids is 1. The van der Waals surface area contributed by atoms with Gasteiger partial charge in [-0.25, -0.2) is 17.6 Å². The average Bonchev–Trinajstić information content (AvgIpc) is 2.89. The largest absolute Gasteiger partial charge is 0.477 e. The molecule has 0 aliphatic carbocycles. The van der Waals surface area contributed by atoms with E-state index >= 15 is 0 Å². The molecule has 2 rings (SSSR count). The molecular formula is C13H13FN2O4S. The van der Waals surface area contributed by atoms with Crippen LogP contribution in [0.4, 0.5) is 10.1 Å². The molecule has 1 aromatic heterocycles. The van der Waals surface area contributed by atoms with Gasteiger partial charge in [-0.1, -0.05) is 6.07 Å². The quantitative estimate of drug-likeness (QED) is 0.884. The van der Waals surface area contributed by atoms with Gasteiger partial charge in [0.05, 0.1) is 5.69 Å². The summed E-state index contributed by atoms with van der Waals surface area (Å²) in [6.45, 7) is 1.69. The Balaban J connectivity index is 2.46. The van der Waals surface area contributed by atoms with Gasteiger partial charge in [0.1, 0.15) is 16.4 Å². The number of aromatic amines is 1. The predicted octanol–water partition coefficient (Wildman–Crippen LogP) is 2.07. The van der Waals surface area contributed by atoms with Crippen LogP contribution in [-0.2, 0) is 10.0 Å². The first-order valence-corrected chi connectivity index (χ1v) is 7.50. The van der Waals surface area contributed by atoms with E-state index in [-0.39, 0.29) is 22.8 Å². The predicted molar refractivity (Wildman–Crippen MR) is 74.4 cm³/mol. The van der Waals surface area contributed by atoms with Crippen molar-refractivity contribution in [1.29, 1.82) is 0 Å². The number of benzene rings is 1. The van der Waals surface area contributed by atoms with Crippen LogP contribution >= 0.6 is 0 Å². The fraction of sp³-hybridized carbons (Fsp3) is 0.154. The van der Waals surface area contributed by atoms with Crippen LogP contribution in [0.25, 0.3) is 0 Å². The normalized spacial score (nSPS) is 11.3. The molecule has 0 amide bonds. The maximum Gasteiger partial charge on any atom is 0.352 e. The lowest BCUT2D eigenvalue weighted by Crippen LogP contribution is -2.30. The number of carboxylic acids is 1. The summed E-state index contributed by atoms with van der Waals surface area (Å²) in [4.78, 5) is 13.0. The Kier molecular flexibility index (Phi) is 3.99. The Morgan fingerprint density at radius 1 is 1.38 bits per heavy atom. The Morgan fingerprint density at radius 3 is 2.62 bits per heavy atom. The van der Waals surface area contributed by atoms with E-state index in [9.17, 15) is 17.6 Å². The van der Waals surface area contributed by atoms with Crippen molar-refractivity contribution in [3.63, 3.8) is 0 Å². The van der Waals surface area contributed by atoms with Crippen LogP contribution < -0.4 is 4.31 Å². The van der Waals surface area contributed by atoms with Crippen LogP contribution in [0.1, 0.15) is 17.4 Å². The third-order valence-electron chi connectivity index (χ3n) is 2.86. The number of rotatable bonds is 5. The molecule has 1 heterocycles. The molecule has 0 atom stereocenters. The molecule has 8 heteroatoms. The summed E-state index contributed by atoms with van der Waals surface area (Å²) in [6, 6.07) is 6.21. The van der Waals surface area contributed by atoms with Gasteiger partial charge in [0.2, 0.25) is 0 Å². The van der Waals surface area contributed by atoms with Gasteiger partial charge in [-0.05, 0) is 31.2 Å². The number of nitrogens with one attached hydrogen (secondary N) is 1. The van der Waals surface area contributed by atoms with Crippen molar-refractivity contribution in [2.24, 2.45) is 0 Å². The minimum atomic E-state index is -3.96. The van der Waals surface area contributed by atoms with Crippen molar-refractivity contribution in [3.8, 4) is 0 Å². The Labute approximate surface area is 120 Å². The molecule has 0 saturated heterocycles. The number of carbonyl (C=O) groups is 1. The molecule has 0 radical (unpaired) electrons. The van der Waals surface area contributed by atoms with Crippen LogP contribution in [0.2, 0.25) is 0 Å². The van der Waals surface area contributed by atoms with E-state index in [1.165, 1.54) is 18.2 Å². The van der Waals surface area contributed by atoms with Gasteiger partial charge < -0.3 is 10.1 Å². The van der Waals surface area contributed by atoms with Crippen LogP contribution in [0, 0.1) is 5.82 Å². The fourth-order valence-corrected chi connectivity index (χ4v) is 3.36. The topological polar surface area (TPSA) is 90.5 Å². The summed E-state index contributed by atoms with van der Waals surface area (Å²) in [5.41, 5.74) is -0.0561. The second kappa shape index (κ2) is 5.57. The number of nitrogens with zero attached hydrogens (tertiary/aromatic N) is 1. The van der Waals surface area contributed by atoms with Gasteiger partial charge in [-0.3, -0.25) is 4.31 Å². The molecule has 2 aromatic rings. The first kappa shape index (κ1) is 15.0. The molecule has 0 unspecified atom stereocenters. The molecule has 21 heavy (non-hydrogen) atoms. The maximum atomic E-state index is 13.3. The summed E-state index contributed by atoms with van der Waals surface area (Å²) in [5, 5.41) is 8.82. The van der Waals surface area contributed by atoms with Crippen LogP contribution in [0.5, 0.6) is 0 Å². The summed E-state index contributed by atoms with van der Waals surface area (Å²) in [5.74, 6) is -1.81. The van der Waals surface area contributed by atoms with Crippen molar-refractivity contribution < 1.29 is 22.7 Å². The Morgan fingerprint density at radius 2 is 2.10 bits per heavy atom. The van der Waals surface area contributed by atoms with Crippen LogP contribution in [0.3, 0.4) is 0 Å². The molecule has 0 spiro atoms. The van der Waals surface area contributed by atoms with E-state index in [4.69, 9.17) is 5.11 Å². The molecule has 0 bridgehead atoms. The highest BCUT2D eigenvalue weighted by Crippen LogP contribution is 2.24. The summed E-state index contributed by atoms with van der Waals surface area (Å²) in [6.07, 6.45) is 1.10. The number of halogens is 1. The molecule has 112 valence electrons. The number of sulfonamides is 1. The molecular weight excluding hydrogens is 299 g/mol. The number of hydrogen-bond donors (Lipinski definition) is 2. The van der Waals surface area contributed by atoms with Crippen molar-refractivity contribution in [3.05, 3.63) is 48.0 Å². The first-order chi connectivity index (χ1) is 9.86. The van der Waals surface area contributed by atoms with Crippen LogP contribution in [-0.4, -0.2) is 31.0 Å². The minimum absolute atomic E-state index is 0.0827. The number of H-pyrrole nitrogens is 1. The third-order valence-corrected chi connectivity index (χ3v) is 4.74. The highest BCUT2D eigenvalue weighted by molar-refractivity contribution is 7.92. The molecule has 2 N–H and O–H groups in total. The second-order valence-electron chi connectivity index (χ2n) is 4.20. The lowest BCUT2D eigenvalue weighted by Gasteiger charge is -2.22. The second-order valence-corrected chi connectivity index (χ2v) is 6.07. The van der Waals surface area contributed by atoms with Crippen molar-refractivity contribution in [1.82, 2.24) is 4.98 Å². The fourth-order valence-electron chi connectivity index (χ4n) is 1.90. The van der Waals surface area contributed by atoms with Crippen molar-refractivity contribution >= 4 is 21.7 Å². The number of carboxylic acid groups (broad SMARTS) is 1. The van der Waals surface area contributed by atoms with Gasteiger partial charge >= 0.3 is 5.97 Å². The van der Waals surface area contributed by atoms with E-state index < -0.39 is 21.8 Å². The maximum absolute atomic E-state index is 13.3. The monoisotopic (exact) mass is 312 g/mol. The summed E-state index contributed by atoms with van der Waals surface area (Å²) >= 11 is 0. The van der Waals surface area contributed by atoms with Gasteiger partial charge in [0.15, 0.2) is 0 Å². The molecule has 6 nitrogen and oxygen atoms in total. The van der Waals surface area contributed by atoms with Crippen LogP contribution in [0.15, 0.2) is 41.4 Å². The number of hydrogen-bond acceptors (Lipinski definition) is 3. The Hall–Kier alpha value is -2.35. The zero-order chi connectivity index (χ0) is 15.6. The van der Waals surface area contributed by atoms with E-state index in [2.05, 4.69) is 4.98 Å². The SMILES string of the molecule is CCN(c1cccc(F)c1)S(=O)(=O)c1c[nH]c(C(=O)O)c1. The van der Waals surface area contributed by atoms with Gasteiger partial charge in [-0.2, -0.15) is 0 Å². The zero-order valence-corrected chi connectivity index (χ0v) is 11.9. The first-order valence-electron chi connectivity index (χ1n) is 6.06. The van der Waals surface area contributed by atoms with E-state index in [1.54, 1.807) is 6.92 Å². The molecule has 1 aromatic carbocycles. The lowest BCUT2D eigenvalue weighted by atomic mass is 10.3. The van der Waals surface area contributed by atoms with Gasteiger partial charge in [0, 0.05) is 12.7 Å². The third kappa shape index (κ3) is 2.89. The molecule has 0 aliphatic heterocycles. The number of aromatic nitrogens is 1. The van der Waals surface area contributed by atoms with E-state index in [0.717, 1.165) is 22.6 Å². The smallest absolute Gasteiger partial charge is 0.352 e. The highest BCUT2D eigenvalue weighted by Gasteiger charge is 2.26. The van der Waals surface area contributed by atoms with Crippen molar-refractivity contribution in [2.75, 3.05) is 10.8 Å². The minimum Gasteiger partial charge on any atom is -0.477 e. The molecule has 0 saturated carbocycles. The number of anilines is 1. The summed E-state index contributed by atoms with van der Waals surface area (Å²) < 4.78 is 39.3. The summed E-state index contributed by atoms with van der Waals surface area (Å²) in [7, 11) is -3.96. The molecule has 0 fully saturated rings. The van der Waals surface area contributed by atoms with E-state index in [1.807, 2.05) is 0 Å². The standard InChI is InChI=1S/C13H13FN2O4S/c1-2-16(10-5-3-4-9(14)6-10)21(19,20)11-7-12(13(17)18)15-8-11/h3-8,15H,2H2,1H3,(H,17,18). The lowest BCUT2D eigenvalue weighted by molar-refractivity contribution is 0.0691. The zero-order valence-electron chi connectivity index (χ0n) is 11.1. The average molecular weight is 312 g/mol. The van der Waals surface area contributed by atoms with E-state index in [0.29, 0.717) is 0 Å². The Bertz CT molecular complexity index is 770. The van der Waals surface area contributed by atoms with Gasteiger partial charge in [-0.15, -0.1) is 0 Å². The van der Waals surface area contributed by atoms with Crippen molar-refractivity contribution in [2.45, 2.75) is 11.8 Å².